The van der Waals surface area contributed by atoms with Gasteiger partial charge in [-0.05, 0) is 56.3 Å². The number of anilines is 3. The van der Waals surface area contributed by atoms with Crippen LogP contribution >= 0.6 is 0 Å². The fourth-order valence-electron chi connectivity index (χ4n) is 5.77. The smallest absolute Gasteiger partial charge is 0.203 e. The lowest BCUT2D eigenvalue weighted by atomic mass is 10.1. The molecule has 1 aliphatic heterocycles. The lowest BCUT2D eigenvalue weighted by Crippen LogP contribution is -2.49. The van der Waals surface area contributed by atoms with Gasteiger partial charge in [-0.1, -0.05) is 6.07 Å². The summed E-state index contributed by atoms with van der Waals surface area (Å²) in [6.07, 6.45) is 3.41. The SMILES string of the molecule is COc1ccc(Cn2cc3nc(-c4c(F)cccc4F)cc(Nc4ccc(N5C(C)COCC5C)cn4)c3c2O)c(OC)c1. The van der Waals surface area contributed by atoms with E-state index in [1.165, 1.54) is 24.3 Å². The Morgan fingerprint density at radius 2 is 1.75 bits per heavy atom. The summed E-state index contributed by atoms with van der Waals surface area (Å²) in [6.45, 7) is 5.71. The van der Waals surface area contributed by atoms with Gasteiger partial charge in [-0.2, -0.15) is 0 Å². The largest absolute Gasteiger partial charge is 0.497 e. The number of nitrogens with one attached hydrogen (secondary N) is 1. The molecule has 2 N–H and O–H groups in total. The van der Waals surface area contributed by atoms with Gasteiger partial charge in [0, 0.05) is 29.9 Å². The number of fused-ring (bicyclic) bond motifs is 1. The number of aromatic nitrogens is 3. The van der Waals surface area contributed by atoms with Crippen LogP contribution in [0.4, 0.5) is 26.0 Å². The number of halogens is 2. The van der Waals surface area contributed by atoms with Crippen molar-refractivity contribution in [2.45, 2.75) is 32.5 Å². The van der Waals surface area contributed by atoms with E-state index in [2.05, 4.69) is 34.0 Å². The minimum absolute atomic E-state index is 0.0716. The Morgan fingerprint density at radius 3 is 2.41 bits per heavy atom. The molecule has 0 saturated carbocycles. The van der Waals surface area contributed by atoms with E-state index in [4.69, 9.17) is 14.2 Å². The van der Waals surface area contributed by atoms with Crippen LogP contribution in [-0.2, 0) is 11.3 Å². The molecule has 4 heterocycles. The molecule has 0 radical (unpaired) electrons. The molecule has 1 saturated heterocycles. The maximum Gasteiger partial charge on any atom is 0.203 e. The van der Waals surface area contributed by atoms with Crippen molar-refractivity contribution < 1.29 is 28.1 Å². The number of aromatic hydroxyl groups is 1. The molecule has 0 aliphatic carbocycles. The number of ether oxygens (including phenoxy) is 3. The Labute approximate surface area is 253 Å². The summed E-state index contributed by atoms with van der Waals surface area (Å²) in [7, 11) is 3.13. The Kier molecular flexibility index (Phi) is 7.96. The van der Waals surface area contributed by atoms with E-state index in [9.17, 15) is 13.9 Å². The number of benzene rings is 2. The zero-order chi connectivity index (χ0) is 31.0. The van der Waals surface area contributed by atoms with Gasteiger partial charge in [0.1, 0.15) is 29.0 Å². The Morgan fingerprint density at radius 1 is 1.00 bits per heavy atom. The number of hydrogen-bond donors (Lipinski definition) is 2. The highest BCUT2D eigenvalue weighted by molar-refractivity contribution is 5.99. The minimum atomic E-state index is -0.745. The molecule has 11 heteroatoms. The molecule has 0 spiro atoms. The molecule has 228 valence electrons. The quantitative estimate of drug-likeness (QED) is 0.208. The molecular formula is C33H33F2N5O4. The van der Waals surface area contributed by atoms with Gasteiger partial charge in [-0.15, -0.1) is 0 Å². The number of hydrogen-bond acceptors (Lipinski definition) is 8. The van der Waals surface area contributed by atoms with Gasteiger partial charge in [0.15, 0.2) is 0 Å². The predicted octanol–water partition coefficient (Wildman–Crippen LogP) is 6.50. The van der Waals surface area contributed by atoms with Crippen molar-refractivity contribution in [2.24, 2.45) is 0 Å². The van der Waals surface area contributed by atoms with Crippen molar-refractivity contribution in [3.05, 3.63) is 84.2 Å². The van der Waals surface area contributed by atoms with Crippen LogP contribution in [-0.4, -0.2) is 59.2 Å². The van der Waals surface area contributed by atoms with Gasteiger partial charge in [0.25, 0.3) is 0 Å². The van der Waals surface area contributed by atoms with Crippen LogP contribution in [0.3, 0.4) is 0 Å². The summed E-state index contributed by atoms with van der Waals surface area (Å²) in [4.78, 5) is 11.5. The molecule has 2 aromatic carbocycles. The first kappa shape index (κ1) is 29.2. The van der Waals surface area contributed by atoms with Gasteiger partial charge >= 0.3 is 0 Å². The number of methoxy groups -OCH3 is 2. The second-order valence-corrected chi connectivity index (χ2v) is 10.8. The summed E-state index contributed by atoms with van der Waals surface area (Å²) in [5, 5.41) is 15.1. The molecule has 2 unspecified atom stereocenters. The average Bonchev–Trinajstić information content (AvgIpc) is 3.32. The lowest BCUT2D eigenvalue weighted by Gasteiger charge is -2.40. The van der Waals surface area contributed by atoms with E-state index in [0.29, 0.717) is 47.1 Å². The molecule has 1 fully saturated rings. The molecule has 2 atom stereocenters. The Bertz CT molecular complexity index is 1780. The highest BCUT2D eigenvalue weighted by Gasteiger charge is 2.26. The topological polar surface area (TPSA) is 93.9 Å². The zero-order valence-corrected chi connectivity index (χ0v) is 24.8. The summed E-state index contributed by atoms with van der Waals surface area (Å²) in [5.41, 5.74) is 2.27. The van der Waals surface area contributed by atoms with Crippen LogP contribution in [0.15, 0.2) is 67.0 Å². The second-order valence-electron chi connectivity index (χ2n) is 10.8. The molecule has 0 amide bonds. The summed E-state index contributed by atoms with van der Waals surface area (Å²) in [6, 6.07) is 14.8. The first-order valence-electron chi connectivity index (χ1n) is 14.2. The van der Waals surface area contributed by atoms with Crippen LogP contribution < -0.4 is 19.7 Å². The van der Waals surface area contributed by atoms with Crippen LogP contribution in [0.1, 0.15) is 19.4 Å². The van der Waals surface area contributed by atoms with Crippen LogP contribution in [0.2, 0.25) is 0 Å². The standard InChI is InChI=1S/C33H33F2N5O4/c1-19-17-44-18-20(2)40(19)22-9-11-30(36-14-22)38-27-13-26(31-24(34)6-5-7-25(31)35)37-28-16-39(33(41)32(27)28)15-21-8-10-23(42-3)12-29(21)43-4/h5-14,16,19-20,41H,15,17-18H2,1-4H3,(H,36,38). The highest BCUT2D eigenvalue weighted by Crippen LogP contribution is 2.39. The van der Waals surface area contributed by atoms with Crippen LogP contribution in [0, 0.1) is 11.6 Å². The third-order valence-electron chi connectivity index (χ3n) is 7.85. The maximum absolute atomic E-state index is 14.9. The monoisotopic (exact) mass is 601 g/mol. The molecule has 44 heavy (non-hydrogen) atoms. The highest BCUT2D eigenvalue weighted by atomic mass is 19.1. The first-order valence-corrected chi connectivity index (χ1v) is 14.2. The molecule has 6 rings (SSSR count). The summed E-state index contributed by atoms with van der Waals surface area (Å²) in [5.74, 6) is 0.124. The molecule has 9 nitrogen and oxygen atoms in total. The summed E-state index contributed by atoms with van der Waals surface area (Å²) >= 11 is 0. The van der Waals surface area contributed by atoms with Crippen LogP contribution in [0.5, 0.6) is 17.4 Å². The third-order valence-corrected chi connectivity index (χ3v) is 7.85. The number of pyridine rings is 2. The van der Waals surface area contributed by atoms with E-state index in [1.54, 1.807) is 43.3 Å². The van der Waals surface area contributed by atoms with Crippen molar-refractivity contribution >= 4 is 28.1 Å². The van der Waals surface area contributed by atoms with E-state index in [0.717, 1.165) is 11.3 Å². The predicted molar refractivity (Wildman–Crippen MR) is 165 cm³/mol. The van der Waals surface area contributed by atoms with Crippen molar-refractivity contribution in [2.75, 3.05) is 37.7 Å². The maximum atomic E-state index is 14.9. The fraction of sp³-hybridized carbons (Fsp3) is 0.273. The Hall–Kier alpha value is -4.90. The fourth-order valence-corrected chi connectivity index (χ4v) is 5.77. The minimum Gasteiger partial charge on any atom is -0.497 e. The molecule has 1 aliphatic rings. The molecule has 3 aromatic heterocycles. The second kappa shape index (κ2) is 12.0. The van der Waals surface area contributed by atoms with Crippen molar-refractivity contribution in [3.63, 3.8) is 0 Å². The number of rotatable bonds is 8. The van der Waals surface area contributed by atoms with Gasteiger partial charge in [0.2, 0.25) is 5.88 Å². The van der Waals surface area contributed by atoms with E-state index in [1.807, 2.05) is 18.2 Å². The van der Waals surface area contributed by atoms with Gasteiger partial charge in [-0.25, -0.2) is 18.7 Å². The average molecular weight is 602 g/mol. The van der Waals surface area contributed by atoms with Gasteiger partial charge in [-0.3, -0.25) is 0 Å². The summed E-state index contributed by atoms with van der Waals surface area (Å²) < 4.78 is 47.9. The van der Waals surface area contributed by atoms with Crippen LogP contribution in [0.25, 0.3) is 22.2 Å². The van der Waals surface area contributed by atoms with Crippen molar-refractivity contribution in [3.8, 4) is 28.6 Å². The molecule has 5 aromatic rings. The first-order chi connectivity index (χ1) is 21.3. The normalized spacial score (nSPS) is 16.7. The van der Waals surface area contributed by atoms with E-state index in [-0.39, 0.29) is 35.8 Å². The van der Waals surface area contributed by atoms with Gasteiger partial charge < -0.3 is 34.1 Å². The van der Waals surface area contributed by atoms with E-state index < -0.39 is 11.6 Å². The number of morpholine rings is 1. The molecular weight excluding hydrogens is 568 g/mol. The Balaban J connectivity index is 1.42. The van der Waals surface area contributed by atoms with E-state index >= 15 is 0 Å². The number of nitrogens with zero attached hydrogens (tertiary/aromatic N) is 4. The lowest BCUT2D eigenvalue weighted by molar-refractivity contribution is 0.0756. The molecule has 0 bridgehead atoms. The zero-order valence-electron chi connectivity index (χ0n) is 24.8. The third kappa shape index (κ3) is 5.46. The van der Waals surface area contributed by atoms with Crippen molar-refractivity contribution in [1.29, 1.82) is 0 Å². The van der Waals surface area contributed by atoms with Gasteiger partial charge in [0.05, 0.1) is 73.7 Å². The van der Waals surface area contributed by atoms with Crippen molar-refractivity contribution in [1.82, 2.24) is 14.5 Å².